The Morgan fingerprint density at radius 2 is 1.89 bits per heavy atom. The van der Waals surface area contributed by atoms with Gasteiger partial charge in [0.25, 0.3) is 0 Å². The lowest BCUT2D eigenvalue weighted by Gasteiger charge is -2.14. The van der Waals surface area contributed by atoms with Crippen molar-refractivity contribution < 1.29 is 4.74 Å². The predicted molar refractivity (Wildman–Crippen MR) is 76.3 cm³/mol. The summed E-state index contributed by atoms with van der Waals surface area (Å²) in [7, 11) is 4.02. The van der Waals surface area contributed by atoms with Crippen molar-refractivity contribution in [1.29, 1.82) is 5.26 Å². The molecule has 0 aromatic heterocycles. The van der Waals surface area contributed by atoms with Crippen LogP contribution in [0.1, 0.15) is 11.1 Å². The lowest BCUT2D eigenvalue weighted by Crippen LogP contribution is -2.09. The van der Waals surface area contributed by atoms with Crippen LogP contribution in [0.4, 0.5) is 5.69 Å². The second-order valence-corrected chi connectivity index (χ2v) is 4.49. The van der Waals surface area contributed by atoms with Gasteiger partial charge in [-0.1, -0.05) is 18.2 Å². The third kappa shape index (κ3) is 3.49. The molecule has 0 bridgehead atoms. The fourth-order valence-electron chi connectivity index (χ4n) is 1.75. The summed E-state index contributed by atoms with van der Waals surface area (Å²) < 4.78 is 5.70. The van der Waals surface area contributed by atoms with Crippen molar-refractivity contribution in [3.05, 3.63) is 59.7 Å². The van der Waals surface area contributed by atoms with Crippen LogP contribution >= 0.6 is 0 Å². The normalized spacial score (nSPS) is 9.74. The van der Waals surface area contributed by atoms with E-state index in [4.69, 9.17) is 10.00 Å². The smallest absolute Gasteiger partial charge is 0.121 e. The molecule has 0 saturated carbocycles. The van der Waals surface area contributed by atoms with Gasteiger partial charge in [-0.2, -0.15) is 5.26 Å². The molecule has 0 radical (unpaired) electrons. The van der Waals surface area contributed by atoms with Crippen molar-refractivity contribution in [2.75, 3.05) is 19.0 Å². The molecule has 0 amide bonds. The third-order valence-electron chi connectivity index (χ3n) is 2.80. The summed E-state index contributed by atoms with van der Waals surface area (Å²) in [5, 5.41) is 8.83. The molecule has 0 fully saturated rings. The molecule has 0 heterocycles. The van der Waals surface area contributed by atoms with E-state index in [-0.39, 0.29) is 0 Å². The van der Waals surface area contributed by atoms with Gasteiger partial charge in [-0.25, -0.2) is 0 Å². The Hall–Kier alpha value is -2.47. The first-order valence-corrected chi connectivity index (χ1v) is 6.08. The molecule has 96 valence electrons. The van der Waals surface area contributed by atoms with Gasteiger partial charge in [-0.3, -0.25) is 0 Å². The van der Waals surface area contributed by atoms with Crippen LogP contribution in [0.2, 0.25) is 0 Å². The van der Waals surface area contributed by atoms with Gasteiger partial charge in [0.05, 0.1) is 11.6 Å². The van der Waals surface area contributed by atoms with Gasteiger partial charge in [-0.05, 0) is 35.9 Å². The molecule has 3 nitrogen and oxygen atoms in total. The molecule has 0 unspecified atom stereocenters. The summed E-state index contributed by atoms with van der Waals surface area (Å²) in [5.41, 5.74) is 2.86. The molecule has 0 spiro atoms. The van der Waals surface area contributed by atoms with Crippen LogP contribution in [0.5, 0.6) is 5.75 Å². The number of nitriles is 1. The van der Waals surface area contributed by atoms with Crippen LogP contribution in [-0.2, 0) is 6.61 Å². The van der Waals surface area contributed by atoms with Crippen molar-refractivity contribution in [2.45, 2.75) is 6.61 Å². The Bertz CT molecular complexity index is 600. The maximum atomic E-state index is 8.83. The van der Waals surface area contributed by atoms with E-state index in [0.29, 0.717) is 17.9 Å². The quantitative estimate of drug-likeness (QED) is 0.838. The average Bonchev–Trinajstić information content (AvgIpc) is 2.45. The minimum Gasteiger partial charge on any atom is -0.489 e. The minimum atomic E-state index is 0.497. The Kier molecular flexibility index (Phi) is 4.04. The summed E-state index contributed by atoms with van der Waals surface area (Å²) in [4.78, 5) is 2.06. The number of nitrogens with zero attached hydrogens (tertiary/aromatic N) is 2. The molecule has 3 heteroatoms. The molecule has 0 aliphatic rings. The second kappa shape index (κ2) is 5.92. The van der Waals surface area contributed by atoms with Gasteiger partial charge in [0, 0.05) is 19.8 Å². The second-order valence-electron chi connectivity index (χ2n) is 4.49. The number of rotatable bonds is 4. The Morgan fingerprint density at radius 3 is 2.63 bits per heavy atom. The van der Waals surface area contributed by atoms with Crippen LogP contribution in [0.15, 0.2) is 48.5 Å². The molecule has 0 atom stereocenters. The Balaban J connectivity index is 2.06. The van der Waals surface area contributed by atoms with Crippen molar-refractivity contribution in [3.8, 4) is 11.8 Å². The van der Waals surface area contributed by atoms with Gasteiger partial charge < -0.3 is 9.64 Å². The molecule has 19 heavy (non-hydrogen) atoms. The van der Waals surface area contributed by atoms with Crippen molar-refractivity contribution in [3.63, 3.8) is 0 Å². The zero-order chi connectivity index (χ0) is 13.7. The van der Waals surface area contributed by atoms with E-state index in [9.17, 15) is 0 Å². The Labute approximate surface area is 113 Å². The number of ether oxygens (including phenoxy) is 1. The first-order valence-electron chi connectivity index (χ1n) is 6.08. The highest BCUT2D eigenvalue weighted by molar-refractivity contribution is 5.47. The summed E-state index contributed by atoms with van der Waals surface area (Å²) in [6.07, 6.45) is 0. The number of benzene rings is 2. The maximum Gasteiger partial charge on any atom is 0.121 e. The van der Waals surface area contributed by atoms with Gasteiger partial charge >= 0.3 is 0 Å². The van der Waals surface area contributed by atoms with Crippen molar-refractivity contribution in [2.24, 2.45) is 0 Å². The van der Waals surface area contributed by atoms with Crippen LogP contribution in [-0.4, -0.2) is 14.1 Å². The molecule has 0 N–H and O–H groups in total. The molecule has 2 aromatic carbocycles. The number of hydrogen-bond acceptors (Lipinski definition) is 3. The largest absolute Gasteiger partial charge is 0.489 e. The van der Waals surface area contributed by atoms with Crippen LogP contribution < -0.4 is 9.64 Å². The standard InChI is InChI=1S/C16H16N2O/c1-18(2)15-7-3-6-14(9-15)12-19-16-8-4-5-13(10-16)11-17/h3-10H,12H2,1-2H3. The first kappa shape index (κ1) is 13.0. The average molecular weight is 252 g/mol. The SMILES string of the molecule is CN(C)c1cccc(COc2cccc(C#N)c2)c1. The van der Waals surface area contributed by atoms with E-state index in [1.54, 1.807) is 12.1 Å². The van der Waals surface area contributed by atoms with Crippen molar-refractivity contribution >= 4 is 5.69 Å². The predicted octanol–water partition coefficient (Wildman–Crippen LogP) is 3.20. The van der Waals surface area contributed by atoms with Crippen LogP contribution in [0.25, 0.3) is 0 Å². The summed E-state index contributed by atoms with van der Waals surface area (Å²) in [6.45, 7) is 0.497. The third-order valence-corrected chi connectivity index (χ3v) is 2.80. The van der Waals surface area contributed by atoms with E-state index >= 15 is 0 Å². The van der Waals surface area contributed by atoms with E-state index in [0.717, 1.165) is 11.3 Å². The molecule has 0 saturated heterocycles. The van der Waals surface area contributed by atoms with Crippen molar-refractivity contribution in [1.82, 2.24) is 0 Å². The fraction of sp³-hybridized carbons (Fsp3) is 0.188. The van der Waals surface area contributed by atoms with E-state index < -0.39 is 0 Å². The number of anilines is 1. The van der Waals surface area contributed by atoms with E-state index in [1.807, 2.05) is 38.4 Å². The van der Waals surface area contributed by atoms with Gasteiger partial charge in [0.1, 0.15) is 12.4 Å². The highest BCUT2D eigenvalue weighted by Crippen LogP contribution is 2.17. The molecule has 0 aliphatic carbocycles. The van der Waals surface area contributed by atoms with Gasteiger partial charge in [-0.15, -0.1) is 0 Å². The molecular formula is C16H16N2O. The van der Waals surface area contributed by atoms with E-state index in [2.05, 4.69) is 23.1 Å². The lowest BCUT2D eigenvalue weighted by atomic mass is 10.2. The number of hydrogen-bond donors (Lipinski definition) is 0. The van der Waals surface area contributed by atoms with Gasteiger partial charge in [0.2, 0.25) is 0 Å². The molecule has 2 rings (SSSR count). The fourth-order valence-corrected chi connectivity index (χ4v) is 1.75. The summed E-state index contributed by atoms with van der Waals surface area (Å²) >= 11 is 0. The first-order chi connectivity index (χ1) is 9.19. The topological polar surface area (TPSA) is 36.3 Å². The molecular weight excluding hydrogens is 236 g/mol. The molecule has 0 aliphatic heterocycles. The van der Waals surface area contributed by atoms with Gasteiger partial charge in [0.15, 0.2) is 0 Å². The summed E-state index contributed by atoms with van der Waals surface area (Å²) in [5.74, 6) is 0.717. The zero-order valence-corrected chi connectivity index (χ0v) is 11.1. The monoisotopic (exact) mass is 252 g/mol. The van der Waals surface area contributed by atoms with E-state index in [1.165, 1.54) is 0 Å². The minimum absolute atomic E-state index is 0.497. The Morgan fingerprint density at radius 1 is 1.11 bits per heavy atom. The zero-order valence-electron chi connectivity index (χ0n) is 11.1. The molecule has 2 aromatic rings. The maximum absolute atomic E-state index is 8.83. The summed E-state index contributed by atoms with van der Waals surface area (Å²) in [6, 6.07) is 17.5. The van der Waals surface area contributed by atoms with Crippen LogP contribution in [0.3, 0.4) is 0 Å². The van der Waals surface area contributed by atoms with Crippen LogP contribution in [0, 0.1) is 11.3 Å². The highest BCUT2D eigenvalue weighted by atomic mass is 16.5. The highest BCUT2D eigenvalue weighted by Gasteiger charge is 2.00. The lowest BCUT2D eigenvalue weighted by molar-refractivity contribution is 0.306.